The van der Waals surface area contributed by atoms with E-state index in [1.54, 1.807) is 52.0 Å². The molecule has 9 nitrogen and oxygen atoms in total. The molecule has 0 aromatic heterocycles. The summed E-state index contributed by atoms with van der Waals surface area (Å²) < 4.78 is 5.47. The normalized spacial score (nSPS) is 17.6. The fraction of sp³-hybridized carbons (Fsp3) is 0.275. The molecule has 0 saturated carbocycles. The first-order valence-corrected chi connectivity index (χ1v) is 16.6. The van der Waals surface area contributed by atoms with Crippen molar-refractivity contribution in [2.24, 2.45) is 5.92 Å². The lowest BCUT2D eigenvalue weighted by Gasteiger charge is -2.30. The SMILES string of the molecule is COc1ccc2c(c1)[C@](O)([C@@H](C)/C=C/CC(=O)N(CCO)Cc1ccccc1)C(=O)N2Cc1cccc(N2C(=O)CCc3ccccc32)c1. The smallest absolute Gasteiger partial charge is 0.264 e. The molecule has 0 unspecified atom stereocenters. The summed E-state index contributed by atoms with van der Waals surface area (Å²) >= 11 is 0. The highest BCUT2D eigenvalue weighted by Crippen LogP contribution is 2.47. The summed E-state index contributed by atoms with van der Waals surface area (Å²) in [5.41, 5.74) is 3.50. The quantitative estimate of drug-likeness (QED) is 0.191. The second-order valence-electron chi connectivity index (χ2n) is 12.5. The van der Waals surface area contributed by atoms with E-state index in [-0.39, 0.29) is 37.9 Å². The van der Waals surface area contributed by atoms with Crippen molar-refractivity contribution in [2.45, 2.75) is 44.9 Å². The van der Waals surface area contributed by atoms with Gasteiger partial charge in [0.15, 0.2) is 5.60 Å². The third-order valence-electron chi connectivity index (χ3n) is 9.39. The maximum Gasteiger partial charge on any atom is 0.264 e. The third kappa shape index (κ3) is 6.72. The Morgan fingerprint density at radius 1 is 0.939 bits per heavy atom. The van der Waals surface area contributed by atoms with Crippen LogP contribution >= 0.6 is 0 Å². The fourth-order valence-corrected chi connectivity index (χ4v) is 6.76. The molecule has 4 aromatic rings. The van der Waals surface area contributed by atoms with Gasteiger partial charge in [-0.25, -0.2) is 0 Å². The van der Waals surface area contributed by atoms with Gasteiger partial charge in [-0.15, -0.1) is 0 Å². The van der Waals surface area contributed by atoms with E-state index in [4.69, 9.17) is 4.74 Å². The third-order valence-corrected chi connectivity index (χ3v) is 9.39. The molecule has 0 saturated heterocycles. The van der Waals surface area contributed by atoms with E-state index in [1.165, 1.54) is 7.11 Å². The van der Waals surface area contributed by atoms with Gasteiger partial charge in [-0.05, 0) is 59.5 Å². The molecule has 0 radical (unpaired) electrons. The van der Waals surface area contributed by atoms with Gasteiger partial charge in [-0.2, -0.15) is 0 Å². The lowest BCUT2D eigenvalue weighted by atomic mass is 9.83. The molecule has 6 rings (SSSR count). The second-order valence-corrected chi connectivity index (χ2v) is 12.5. The molecule has 2 heterocycles. The molecule has 252 valence electrons. The molecular weight excluding hydrogens is 618 g/mol. The van der Waals surface area contributed by atoms with Crippen LogP contribution in [0.25, 0.3) is 0 Å². The highest BCUT2D eigenvalue weighted by atomic mass is 16.5. The lowest BCUT2D eigenvalue weighted by molar-refractivity contribution is -0.139. The molecule has 2 atom stereocenters. The van der Waals surface area contributed by atoms with E-state index < -0.39 is 17.4 Å². The minimum atomic E-state index is -1.92. The summed E-state index contributed by atoms with van der Waals surface area (Å²) in [6.07, 6.45) is 4.52. The number of aryl methyl sites for hydroxylation is 1. The van der Waals surface area contributed by atoms with E-state index in [1.807, 2.05) is 78.9 Å². The van der Waals surface area contributed by atoms with Crippen molar-refractivity contribution in [3.05, 3.63) is 131 Å². The van der Waals surface area contributed by atoms with Gasteiger partial charge in [0.25, 0.3) is 5.91 Å². The van der Waals surface area contributed by atoms with Crippen LogP contribution in [-0.4, -0.2) is 53.1 Å². The number of para-hydroxylation sites is 1. The number of ether oxygens (including phenoxy) is 1. The highest BCUT2D eigenvalue weighted by Gasteiger charge is 2.52. The Bertz CT molecular complexity index is 1880. The van der Waals surface area contributed by atoms with E-state index in [9.17, 15) is 24.6 Å². The van der Waals surface area contributed by atoms with Crippen molar-refractivity contribution in [3.63, 3.8) is 0 Å². The summed E-state index contributed by atoms with van der Waals surface area (Å²) in [6.45, 7) is 2.32. The van der Waals surface area contributed by atoms with Crippen LogP contribution in [0.1, 0.15) is 42.0 Å². The molecule has 4 aromatic carbocycles. The number of benzene rings is 4. The fourth-order valence-electron chi connectivity index (χ4n) is 6.76. The average Bonchev–Trinajstić information content (AvgIpc) is 3.33. The zero-order valence-electron chi connectivity index (χ0n) is 27.8. The number of carbonyl (C=O) groups excluding carboxylic acids is 3. The molecule has 2 N–H and O–H groups in total. The topological polar surface area (TPSA) is 111 Å². The van der Waals surface area contributed by atoms with Gasteiger partial charge in [0.1, 0.15) is 5.75 Å². The Morgan fingerprint density at radius 2 is 1.69 bits per heavy atom. The Balaban J connectivity index is 1.24. The number of aliphatic hydroxyl groups is 2. The van der Waals surface area contributed by atoms with Crippen molar-refractivity contribution in [1.82, 2.24) is 4.90 Å². The van der Waals surface area contributed by atoms with Crippen LogP contribution in [0.4, 0.5) is 17.1 Å². The van der Waals surface area contributed by atoms with Crippen LogP contribution in [0.3, 0.4) is 0 Å². The molecular formula is C40H41N3O6. The number of nitrogens with zero attached hydrogens (tertiary/aromatic N) is 3. The number of hydrogen-bond donors (Lipinski definition) is 2. The molecule has 2 aliphatic rings. The summed E-state index contributed by atoms with van der Waals surface area (Å²) in [5.74, 6) is -0.848. The minimum absolute atomic E-state index is 0.0126. The van der Waals surface area contributed by atoms with E-state index in [2.05, 4.69) is 0 Å². The molecule has 9 heteroatoms. The first kappa shape index (κ1) is 33.6. The van der Waals surface area contributed by atoms with E-state index >= 15 is 0 Å². The Kier molecular flexibility index (Phi) is 9.94. The summed E-state index contributed by atoms with van der Waals surface area (Å²) in [6, 6.07) is 30.2. The number of rotatable bonds is 12. The largest absolute Gasteiger partial charge is 0.497 e. The van der Waals surface area contributed by atoms with Crippen molar-refractivity contribution < 1.29 is 29.3 Å². The number of hydrogen-bond acceptors (Lipinski definition) is 6. The van der Waals surface area contributed by atoms with Gasteiger partial charge in [0.05, 0.1) is 31.6 Å². The summed E-state index contributed by atoms with van der Waals surface area (Å²) in [7, 11) is 1.53. The lowest BCUT2D eigenvalue weighted by Crippen LogP contribution is -2.44. The number of carbonyl (C=O) groups is 3. The van der Waals surface area contributed by atoms with Crippen LogP contribution in [0.5, 0.6) is 5.75 Å². The second kappa shape index (κ2) is 14.5. The standard InChI is InChI=1S/C40H41N3O6/c1-28(10-8-17-37(45)41(22-23-44)26-29-11-4-3-5-12-29)40(48)34-25-33(49-2)19-20-36(34)42(39(40)47)27-30-13-9-15-32(24-30)43-35-16-7-6-14-31(35)18-21-38(43)46/h3-16,19-20,24-25,28,44,48H,17-18,21-23,26-27H2,1-2H3/b10-8+/t28-,40+/m0/s1. The number of methoxy groups -OCH3 is 1. The van der Waals surface area contributed by atoms with Gasteiger partial charge < -0.3 is 24.7 Å². The monoisotopic (exact) mass is 659 g/mol. The van der Waals surface area contributed by atoms with Crippen LogP contribution in [0.15, 0.2) is 109 Å². The molecule has 0 spiro atoms. The van der Waals surface area contributed by atoms with Crippen LogP contribution in [-0.2, 0) is 39.5 Å². The predicted octanol–water partition coefficient (Wildman–Crippen LogP) is 5.64. The molecule has 49 heavy (non-hydrogen) atoms. The maximum atomic E-state index is 14.3. The maximum absolute atomic E-state index is 14.3. The first-order chi connectivity index (χ1) is 23.7. The zero-order chi connectivity index (χ0) is 34.5. The molecule has 3 amide bonds. The van der Waals surface area contributed by atoms with Crippen LogP contribution < -0.4 is 14.5 Å². The number of aliphatic hydroxyl groups excluding tert-OH is 1. The van der Waals surface area contributed by atoms with Crippen molar-refractivity contribution in [2.75, 3.05) is 30.1 Å². The number of anilines is 3. The van der Waals surface area contributed by atoms with Gasteiger partial charge in [0, 0.05) is 43.1 Å². The van der Waals surface area contributed by atoms with Crippen molar-refractivity contribution in [1.29, 1.82) is 0 Å². The van der Waals surface area contributed by atoms with E-state index in [0.29, 0.717) is 36.4 Å². The first-order valence-electron chi connectivity index (χ1n) is 16.6. The van der Waals surface area contributed by atoms with Gasteiger partial charge in [-0.1, -0.05) is 79.7 Å². The Hall–Kier alpha value is -5.25. The van der Waals surface area contributed by atoms with E-state index in [0.717, 1.165) is 28.1 Å². The Morgan fingerprint density at radius 3 is 2.47 bits per heavy atom. The minimum Gasteiger partial charge on any atom is -0.497 e. The highest BCUT2D eigenvalue weighted by molar-refractivity contribution is 6.07. The van der Waals surface area contributed by atoms with Gasteiger partial charge >= 0.3 is 0 Å². The molecule has 0 aliphatic carbocycles. The number of amides is 3. The molecule has 2 aliphatic heterocycles. The van der Waals surface area contributed by atoms with Gasteiger partial charge in [0.2, 0.25) is 11.8 Å². The number of fused-ring (bicyclic) bond motifs is 2. The summed E-state index contributed by atoms with van der Waals surface area (Å²) in [5, 5.41) is 21.8. The predicted molar refractivity (Wildman–Crippen MR) is 188 cm³/mol. The van der Waals surface area contributed by atoms with Crippen LogP contribution in [0, 0.1) is 5.92 Å². The summed E-state index contributed by atoms with van der Waals surface area (Å²) in [4.78, 5) is 45.4. The van der Waals surface area contributed by atoms with Crippen molar-refractivity contribution in [3.8, 4) is 5.75 Å². The average molecular weight is 660 g/mol. The Labute approximate surface area is 286 Å². The molecule has 0 bridgehead atoms. The van der Waals surface area contributed by atoms with Crippen LogP contribution in [0.2, 0.25) is 0 Å². The molecule has 0 fully saturated rings. The zero-order valence-corrected chi connectivity index (χ0v) is 27.8. The van der Waals surface area contributed by atoms with Gasteiger partial charge in [-0.3, -0.25) is 19.3 Å². The van der Waals surface area contributed by atoms with Crippen molar-refractivity contribution >= 4 is 34.8 Å².